The van der Waals surface area contributed by atoms with Crippen molar-refractivity contribution in [2.75, 3.05) is 12.8 Å². The monoisotopic (exact) mass is 242 g/mol. The minimum atomic E-state index is -0.198. The first-order valence-electron chi connectivity index (χ1n) is 5.11. The van der Waals surface area contributed by atoms with E-state index >= 15 is 0 Å². The molecule has 1 heterocycles. The molecule has 0 aromatic carbocycles. The largest absolute Gasteiger partial charge is 0.381 e. The van der Waals surface area contributed by atoms with Gasteiger partial charge in [-0.3, -0.25) is 4.79 Å². The highest BCUT2D eigenvalue weighted by Crippen LogP contribution is 2.22. The van der Waals surface area contributed by atoms with Gasteiger partial charge in [0.2, 0.25) is 10.1 Å². The van der Waals surface area contributed by atoms with Gasteiger partial charge in [-0.05, 0) is 19.3 Å². The number of ether oxygens (including phenoxy) is 1. The summed E-state index contributed by atoms with van der Waals surface area (Å²) in [6.07, 6.45) is 3.04. The summed E-state index contributed by atoms with van der Waals surface area (Å²) in [5, 5.41) is 10.8. The minimum absolute atomic E-state index is 0.169. The molecule has 1 amide bonds. The molecule has 1 aliphatic rings. The Bertz CT molecular complexity index is 381. The normalized spacial score (nSPS) is 24.6. The molecule has 0 spiro atoms. The molecule has 0 radical (unpaired) electrons. The Morgan fingerprint density at radius 3 is 2.94 bits per heavy atom. The molecule has 1 aromatic rings. The number of rotatable bonds is 3. The molecule has 0 saturated heterocycles. The van der Waals surface area contributed by atoms with Crippen molar-refractivity contribution in [2.24, 2.45) is 0 Å². The van der Waals surface area contributed by atoms with Crippen molar-refractivity contribution in [3.63, 3.8) is 0 Å². The summed E-state index contributed by atoms with van der Waals surface area (Å²) in [5.74, 6) is -0.198. The number of nitrogens with zero attached hydrogens (tertiary/aromatic N) is 2. The molecule has 2 unspecified atom stereocenters. The summed E-state index contributed by atoms with van der Waals surface area (Å²) in [4.78, 5) is 11.7. The van der Waals surface area contributed by atoms with Crippen molar-refractivity contribution in [3.05, 3.63) is 5.01 Å². The van der Waals surface area contributed by atoms with Gasteiger partial charge in [0.25, 0.3) is 5.91 Å². The number of nitrogens with one attached hydrogen (secondary N) is 1. The summed E-state index contributed by atoms with van der Waals surface area (Å²) < 4.78 is 5.24. The average molecular weight is 242 g/mol. The number of methoxy groups -OCH3 is 1. The Kier molecular flexibility index (Phi) is 3.35. The van der Waals surface area contributed by atoms with Crippen LogP contribution in [0, 0.1) is 0 Å². The molecule has 1 aliphatic carbocycles. The van der Waals surface area contributed by atoms with Gasteiger partial charge in [-0.1, -0.05) is 11.3 Å². The zero-order chi connectivity index (χ0) is 11.5. The van der Waals surface area contributed by atoms with Gasteiger partial charge in [-0.2, -0.15) is 0 Å². The van der Waals surface area contributed by atoms with Crippen molar-refractivity contribution in [2.45, 2.75) is 31.4 Å². The Labute approximate surface area is 97.2 Å². The van der Waals surface area contributed by atoms with Gasteiger partial charge in [-0.25, -0.2) is 0 Å². The molecule has 88 valence electrons. The number of amides is 1. The van der Waals surface area contributed by atoms with Crippen LogP contribution >= 0.6 is 11.3 Å². The van der Waals surface area contributed by atoms with E-state index in [0.717, 1.165) is 30.6 Å². The third-order valence-electron chi connectivity index (χ3n) is 2.69. The van der Waals surface area contributed by atoms with Crippen molar-refractivity contribution in [1.29, 1.82) is 0 Å². The molecule has 0 aliphatic heterocycles. The summed E-state index contributed by atoms with van der Waals surface area (Å²) in [6.45, 7) is 0. The van der Waals surface area contributed by atoms with E-state index in [1.165, 1.54) is 0 Å². The van der Waals surface area contributed by atoms with E-state index in [2.05, 4.69) is 15.5 Å². The fourth-order valence-corrected chi connectivity index (χ4v) is 2.37. The third-order valence-corrected chi connectivity index (χ3v) is 3.44. The van der Waals surface area contributed by atoms with E-state index in [0.29, 0.717) is 10.1 Å². The number of carbonyl (C=O) groups excluding carboxylic acids is 1. The van der Waals surface area contributed by atoms with Crippen LogP contribution in [0.25, 0.3) is 0 Å². The van der Waals surface area contributed by atoms with Crippen LogP contribution in [0.1, 0.15) is 29.1 Å². The second-order valence-corrected chi connectivity index (χ2v) is 4.80. The topological polar surface area (TPSA) is 90.1 Å². The van der Waals surface area contributed by atoms with Crippen molar-refractivity contribution in [1.82, 2.24) is 15.5 Å². The van der Waals surface area contributed by atoms with E-state index in [4.69, 9.17) is 10.5 Å². The zero-order valence-corrected chi connectivity index (χ0v) is 9.79. The van der Waals surface area contributed by atoms with Crippen LogP contribution in [0.15, 0.2) is 0 Å². The van der Waals surface area contributed by atoms with Crippen molar-refractivity contribution >= 4 is 22.4 Å². The maximum atomic E-state index is 11.7. The second-order valence-electron chi connectivity index (χ2n) is 3.79. The summed E-state index contributed by atoms with van der Waals surface area (Å²) in [7, 11) is 1.69. The summed E-state index contributed by atoms with van der Waals surface area (Å²) in [5.41, 5.74) is 5.41. The SMILES string of the molecule is COC1CCC(NC(=O)c2nnc(N)s2)C1. The lowest BCUT2D eigenvalue weighted by molar-refractivity contribution is 0.0914. The van der Waals surface area contributed by atoms with Gasteiger partial charge in [0.15, 0.2) is 0 Å². The van der Waals surface area contributed by atoms with Gasteiger partial charge in [-0.15, -0.1) is 10.2 Å². The molecule has 2 rings (SSSR count). The Hall–Kier alpha value is -1.21. The fourth-order valence-electron chi connectivity index (χ4n) is 1.86. The van der Waals surface area contributed by atoms with Crippen LogP contribution in [-0.4, -0.2) is 35.4 Å². The predicted octanol–water partition coefficient (Wildman–Crippen LogP) is 0.418. The van der Waals surface area contributed by atoms with Gasteiger partial charge >= 0.3 is 0 Å². The summed E-state index contributed by atoms with van der Waals surface area (Å²) >= 11 is 1.10. The maximum absolute atomic E-state index is 11.7. The molecule has 3 N–H and O–H groups in total. The standard InChI is InChI=1S/C9H14N4O2S/c1-15-6-3-2-5(4-6)11-7(14)8-12-13-9(10)16-8/h5-6H,2-4H2,1H3,(H2,10,13)(H,11,14). The molecular formula is C9H14N4O2S. The van der Waals surface area contributed by atoms with Crippen LogP contribution in [0.5, 0.6) is 0 Å². The highest BCUT2D eigenvalue weighted by atomic mass is 32.1. The van der Waals surface area contributed by atoms with E-state index in [1.807, 2.05) is 0 Å². The van der Waals surface area contributed by atoms with Crippen LogP contribution in [-0.2, 0) is 4.74 Å². The molecular weight excluding hydrogens is 228 g/mol. The lowest BCUT2D eigenvalue weighted by Crippen LogP contribution is -2.33. The smallest absolute Gasteiger partial charge is 0.282 e. The maximum Gasteiger partial charge on any atom is 0.282 e. The number of carbonyl (C=O) groups is 1. The Morgan fingerprint density at radius 1 is 1.56 bits per heavy atom. The number of aromatic nitrogens is 2. The van der Waals surface area contributed by atoms with E-state index in [1.54, 1.807) is 7.11 Å². The highest BCUT2D eigenvalue weighted by Gasteiger charge is 2.26. The number of hydrogen-bond donors (Lipinski definition) is 2. The number of hydrogen-bond acceptors (Lipinski definition) is 6. The Morgan fingerprint density at radius 2 is 2.38 bits per heavy atom. The fraction of sp³-hybridized carbons (Fsp3) is 0.667. The van der Waals surface area contributed by atoms with Crippen molar-refractivity contribution in [3.8, 4) is 0 Å². The highest BCUT2D eigenvalue weighted by molar-refractivity contribution is 7.16. The molecule has 16 heavy (non-hydrogen) atoms. The average Bonchev–Trinajstić information content (AvgIpc) is 2.87. The van der Waals surface area contributed by atoms with Gasteiger partial charge in [0.1, 0.15) is 0 Å². The van der Waals surface area contributed by atoms with Gasteiger partial charge < -0.3 is 15.8 Å². The van der Waals surface area contributed by atoms with E-state index in [9.17, 15) is 4.79 Å². The first kappa shape index (κ1) is 11.3. The van der Waals surface area contributed by atoms with Crippen LogP contribution < -0.4 is 11.1 Å². The zero-order valence-electron chi connectivity index (χ0n) is 8.97. The number of nitrogen functional groups attached to an aromatic ring is 1. The third kappa shape index (κ3) is 2.48. The van der Waals surface area contributed by atoms with Crippen LogP contribution in [0.3, 0.4) is 0 Å². The number of anilines is 1. The predicted molar refractivity (Wildman–Crippen MR) is 60.2 cm³/mol. The quantitative estimate of drug-likeness (QED) is 0.801. The molecule has 0 bridgehead atoms. The van der Waals surface area contributed by atoms with Crippen LogP contribution in [0.2, 0.25) is 0 Å². The number of nitrogens with two attached hydrogens (primary N) is 1. The van der Waals surface area contributed by atoms with E-state index in [-0.39, 0.29) is 18.1 Å². The molecule has 1 aromatic heterocycles. The van der Waals surface area contributed by atoms with Gasteiger partial charge in [0, 0.05) is 13.2 Å². The minimum Gasteiger partial charge on any atom is -0.381 e. The summed E-state index contributed by atoms with van der Waals surface area (Å²) in [6, 6.07) is 0.169. The Balaban J connectivity index is 1.89. The van der Waals surface area contributed by atoms with Crippen molar-refractivity contribution < 1.29 is 9.53 Å². The molecule has 2 atom stereocenters. The van der Waals surface area contributed by atoms with Gasteiger partial charge in [0.05, 0.1) is 6.10 Å². The second kappa shape index (κ2) is 4.75. The molecule has 6 nitrogen and oxygen atoms in total. The lowest BCUT2D eigenvalue weighted by atomic mass is 10.2. The van der Waals surface area contributed by atoms with Crippen LogP contribution in [0.4, 0.5) is 5.13 Å². The molecule has 7 heteroatoms. The lowest BCUT2D eigenvalue weighted by Gasteiger charge is -2.11. The first-order valence-corrected chi connectivity index (χ1v) is 5.93. The van der Waals surface area contributed by atoms with E-state index < -0.39 is 0 Å². The first-order chi connectivity index (χ1) is 7.69. The molecule has 1 fully saturated rings. The molecule has 1 saturated carbocycles.